The fraction of sp³-hybridized carbons (Fsp3) is 0.550. The van der Waals surface area contributed by atoms with Crippen LogP contribution in [0, 0.1) is 11.8 Å². The zero-order valence-electron chi connectivity index (χ0n) is 15.2. The van der Waals surface area contributed by atoms with Crippen LogP contribution in [0.15, 0.2) is 22.7 Å². The molecule has 4 heterocycles. The third-order valence-corrected chi connectivity index (χ3v) is 7.27. The lowest BCUT2D eigenvalue weighted by molar-refractivity contribution is -0.145. The third kappa shape index (κ3) is 2.02. The van der Waals surface area contributed by atoms with E-state index in [2.05, 4.69) is 26.1 Å². The fourth-order valence-corrected chi connectivity index (χ4v) is 6.13. The molecule has 4 aliphatic heterocycles. The number of nitrogens with one attached hydrogen (secondary N) is 1. The monoisotopic (exact) mass is 431 g/mol. The molecule has 3 amide bonds. The number of likely N-dealkylation sites (tertiary alicyclic amines) is 1. The minimum atomic E-state index is -1.06. The van der Waals surface area contributed by atoms with Crippen molar-refractivity contribution in [3.05, 3.63) is 28.2 Å². The van der Waals surface area contributed by atoms with E-state index in [0.29, 0.717) is 6.54 Å². The van der Waals surface area contributed by atoms with Crippen molar-refractivity contribution in [2.24, 2.45) is 11.8 Å². The van der Waals surface area contributed by atoms with Crippen LogP contribution >= 0.6 is 15.9 Å². The van der Waals surface area contributed by atoms with E-state index in [4.69, 9.17) is 0 Å². The molecule has 0 unspecified atom stereocenters. The average Bonchev–Trinajstić information content (AvgIpc) is 3.33. The Labute approximate surface area is 166 Å². The van der Waals surface area contributed by atoms with E-state index in [0.717, 1.165) is 48.0 Å². The molecular weight excluding hydrogens is 410 g/mol. The van der Waals surface area contributed by atoms with E-state index < -0.39 is 17.4 Å². The van der Waals surface area contributed by atoms with E-state index in [1.165, 1.54) is 4.90 Å². The second-order valence-corrected chi connectivity index (χ2v) is 8.91. The summed E-state index contributed by atoms with van der Waals surface area (Å²) in [6.07, 6.45) is 3.53. The second kappa shape index (κ2) is 5.88. The van der Waals surface area contributed by atoms with Crippen molar-refractivity contribution in [2.45, 2.75) is 44.2 Å². The molecule has 1 aromatic rings. The molecule has 0 aromatic heterocycles. The van der Waals surface area contributed by atoms with Crippen LogP contribution in [0.3, 0.4) is 0 Å². The van der Waals surface area contributed by atoms with E-state index in [9.17, 15) is 14.4 Å². The van der Waals surface area contributed by atoms with Crippen LogP contribution in [0.4, 0.5) is 5.69 Å². The van der Waals surface area contributed by atoms with Gasteiger partial charge < -0.3 is 5.32 Å². The number of unbranched alkanes of at least 4 members (excludes halogenated alkanes) is 1. The molecule has 3 saturated heterocycles. The lowest BCUT2D eigenvalue weighted by atomic mass is 9.75. The summed E-state index contributed by atoms with van der Waals surface area (Å²) in [5.74, 6) is -1.44. The van der Waals surface area contributed by atoms with E-state index in [1.807, 2.05) is 25.1 Å². The predicted octanol–water partition coefficient (Wildman–Crippen LogP) is 2.48. The Balaban J connectivity index is 1.69. The van der Waals surface area contributed by atoms with E-state index in [-0.39, 0.29) is 23.8 Å². The van der Waals surface area contributed by atoms with Crippen molar-refractivity contribution in [3.63, 3.8) is 0 Å². The van der Waals surface area contributed by atoms with Crippen molar-refractivity contribution in [1.82, 2.24) is 9.80 Å². The number of carbonyl (C=O) groups is 3. The maximum Gasteiger partial charge on any atom is 0.250 e. The summed E-state index contributed by atoms with van der Waals surface area (Å²) >= 11 is 3.51. The van der Waals surface area contributed by atoms with Gasteiger partial charge in [0, 0.05) is 28.3 Å². The number of rotatable bonds is 3. The fourth-order valence-electron chi connectivity index (χ4n) is 5.77. The standard InChI is InChI=1S/C20H22BrN3O3/c1-2-3-8-23-17(25)15-14-5-4-9-24(14)20(16(15)18(23)26)12-10-11(21)6-7-13(12)22-19(20)27/h6-7,10,14-16H,2-5,8-9H2,1H3,(H,22,27)/t14-,15+,16-,20+/m0/s1. The first-order chi connectivity index (χ1) is 13.0. The summed E-state index contributed by atoms with van der Waals surface area (Å²) in [5, 5.41) is 2.99. The van der Waals surface area contributed by atoms with Gasteiger partial charge in [0.1, 0.15) is 5.54 Å². The van der Waals surface area contributed by atoms with Gasteiger partial charge in [-0.25, -0.2) is 0 Å². The van der Waals surface area contributed by atoms with E-state index in [1.54, 1.807) is 0 Å². The Kier molecular flexibility index (Phi) is 3.78. The van der Waals surface area contributed by atoms with Crippen molar-refractivity contribution >= 4 is 39.3 Å². The molecule has 142 valence electrons. The zero-order valence-corrected chi connectivity index (χ0v) is 16.8. The topological polar surface area (TPSA) is 69.7 Å². The number of benzene rings is 1. The molecular formula is C20H22BrN3O3. The molecule has 1 aromatic carbocycles. The maximum absolute atomic E-state index is 13.4. The molecule has 0 saturated carbocycles. The van der Waals surface area contributed by atoms with Crippen molar-refractivity contribution in [2.75, 3.05) is 18.4 Å². The van der Waals surface area contributed by atoms with Gasteiger partial charge in [-0.3, -0.25) is 24.2 Å². The summed E-state index contributed by atoms with van der Waals surface area (Å²) in [5.41, 5.74) is 0.528. The lowest BCUT2D eigenvalue weighted by Crippen LogP contribution is -2.54. The van der Waals surface area contributed by atoms with Gasteiger partial charge in [0.05, 0.1) is 11.8 Å². The molecule has 6 nitrogen and oxygen atoms in total. The van der Waals surface area contributed by atoms with Gasteiger partial charge in [0.2, 0.25) is 17.7 Å². The number of halogens is 1. The van der Waals surface area contributed by atoms with Crippen molar-refractivity contribution in [1.29, 1.82) is 0 Å². The van der Waals surface area contributed by atoms with Gasteiger partial charge in [-0.1, -0.05) is 29.3 Å². The summed E-state index contributed by atoms with van der Waals surface area (Å²) in [6.45, 7) is 3.24. The van der Waals surface area contributed by atoms with Gasteiger partial charge in [-0.2, -0.15) is 0 Å². The van der Waals surface area contributed by atoms with Crippen LogP contribution in [0.25, 0.3) is 0 Å². The smallest absolute Gasteiger partial charge is 0.250 e. The van der Waals surface area contributed by atoms with Gasteiger partial charge in [0.25, 0.3) is 0 Å². The first kappa shape index (κ1) is 17.4. The number of nitrogens with zero attached hydrogens (tertiary/aromatic N) is 2. The number of carbonyl (C=O) groups excluding carboxylic acids is 3. The third-order valence-electron chi connectivity index (χ3n) is 6.78. The summed E-state index contributed by atoms with van der Waals surface area (Å²) in [6, 6.07) is 5.67. The number of imide groups is 1. The SMILES string of the molecule is CCCCN1C(=O)[C@H]2[C@@H](C1=O)[C@]1(C(=O)Nc3ccc(Br)cc31)N1CCC[C@@H]21. The van der Waals surface area contributed by atoms with Crippen LogP contribution < -0.4 is 5.32 Å². The summed E-state index contributed by atoms with van der Waals surface area (Å²) in [7, 11) is 0. The second-order valence-electron chi connectivity index (χ2n) is 8.00. The highest BCUT2D eigenvalue weighted by molar-refractivity contribution is 9.10. The Morgan fingerprint density at radius 1 is 1.26 bits per heavy atom. The highest BCUT2D eigenvalue weighted by Crippen LogP contribution is 2.60. The summed E-state index contributed by atoms with van der Waals surface area (Å²) in [4.78, 5) is 43.6. The minimum absolute atomic E-state index is 0.0336. The van der Waals surface area contributed by atoms with Gasteiger partial charge >= 0.3 is 0 Å². The van der Waals surface area contributed by atoms with Crippen LogP contribution in [-0.2, 0) is 19.9 Å². The average molecular weight is 432 g/mol. The Hall–Kier alpha value is -1.73. The molecule has 1 spiro atoms. The number of anilines is 1. The number of hydrogen-bond donors (Lipinski definition) is 1. The molecule has 7 heteroatoms. The van der Waals surface area contributed by atoms with Crippen LogP contribution in [-0.4, -0.2) is 46.7 Å². The number of fused-ring (bicyclic) bond motifs is 7. The quantitative estimate of drug-likeness (QED) is 0.746. The highest BCUT2D eigenvalue weighted by atomic mass is 79.9. The van der Waals surface area contributed by atoms with Crippen LogP contribution in [0.5, 0.6) is 0 Å². The molecule has 0 aliphatic carbocycles. The minimum Gasteiger partial charge on any atom is -0.324 e. The van der Waals surface area contributed by atoms with Crippen molar-refractivity contribution in [3.8, 4) is 0 Å². The molecule has 3 fully saturated rings. The molecule has 0 bridgehead atoms. The normalized spacial score (nSPS) is 34.4. The van der Waals surface area contributed by atoms with Gasteiger partial charge in [0.15, 0.2) is 0 Å². The summed E-state index contributed by atoms with van der Waals surface area (Å²) < 4.78 is 0.871. The largest absolute Gasteiger partial charge is 0.324 e. The lowest BCUT2D eigenvalue weighted by Gasteiger charge is -2.36. The Morgan fingerprint density at radius 2 is 2.07 bits per heavy atom. The van der Waals surface area contributed by atoms with Gasteiger partial charge in [-0.05, 0) is 44.0 Å². The maximum atomic E-state index is 13.4. The van der Waals surface area contributed by atoms with Crippen LogP contribution in [0.1, 0.15) is 38.2 Å². The molecule has 0 radical (unpaired) electrons. The van der Waals surface area contributed by atoms with Crippen LogP contribution in [0.2, 0.25) is 0 Å². The Bertz CT molecular complexity index is 872. The molecule has 27 heavy (non-hydrogen) atoms. The zero-order chi connectivity index (χ0) is 18.9. The number of hydrogen-bond acceptors (Lipinski definition) is 4. The molecule has 5 rings (SSSR count). The Morgan fingerprint density at radius 3 is 2.85 bits per heavy atom. The number of amides is 3. The van der Waals surface area contributed by atoms with Gasteiger partial charge in [-0.15, -0.1) is 0 Å². The molecule has 4 atom stereocenters. The molecule has 1 N–H and O–H groups in total. The molecule has 4 aliphatic rings. The first-order valence-corrected chi connectivity index (χ1v) is 10.5. The van der Waals surface area contributed by atoms with E-state index >= 15 is 0 Å². The van der Waals surface area contributed by atoms with Crippen molar-refractivity contribution < 1.29 is 14.4 Å². The first-order valence-electron chi connectivity index (χ1n) is 9.75. The predicted molar refractivity (Wildman–Crippen MR) is 103 cm³/mol. The highest BCUT2D eigenvalue weighted by Gasteiger charge is 2.74.